The highest BCUT2D eigenvalue weighted by Crippen LogP contribution is 2.29. The highest BCUT2D eigenvalue weighted by Gasteiger charge is 2.32. The maximum atomic E-state index is 12.9. The Balaban J connectivity index is 1.91. The second-order valence-electron chi connectivity index (χ2n) is 6.74. The molecule has 2 aromatic carbocycles. The van der Waals surface area contributed by atoms with E-state index in [0.29, 0.717) is 0 Å². The smallest absolute Gasteiger partial charge is 0.251 e. The number of amides is 1. The number of nitrogens with zero attached hydrogens (tertiary/aromatic N) is 1. The van der Waals surface area contributed by atoms with E-state index in [4.69, 9.17) is 16.7 Å². The predicted octanol–water partition coefficient (Wildman–Crippen LogP) is 2.55. The van der Waals surface area contributed by atoms with Crippen LogP contribution in [0.15, 0.2) is 53.4 Å². The second kappa shape index (κ2) is 7.98. The van der Waals surface area contributed by atoms with E-state index in [9.17, 15) is 13.2 Å². The van der Waals surface area contributed by atoms with Crippen molar-refractivity contribution in [1.29, 1.82) is 0 Å². The second-order valence-corrected chi connectivity index (χ2v) is 8.68. The summed E-state index contributed by atoms with van der Waals surface area (Å²) in [5.74, 6) is -0.370. The fourth-order valence-corrected chi connectivity index (χ4v) is 4.58. The Morgan fingerprint density at radius 2 is 1.96 bits per heavy atom. The molecule has 0 aliphatic carbocycles. The van der Waals surface area contributed by atoms with E-state index >= 15 is 0 Å². The standard InChI is InChI=1S/C19H22ClN3O3S/c1-23-11-5-8-16(23)18(13-6-3-2-4-7-13)22-19(24)14-9-10-15(20)17(12-14)27(21,25)26/h2-4,6-7,9-10,12,16,18H,5,8,11H2,1H3,(H,22,24)(H2,21,25,26). The highest BCUT2D eigenvalue weighted by molar-refractivity contribution is 7.89. The summed E-state index contributed by atoms with van der Waals surface area (Å²) < 4.78 is 23.4. The van der Waals surface area contributed by atoms with Crippen LogP contribution in [0.4, 0.5) is 0 Å². The van der Waals surface area contributed by atoms with Crippen LogP contribution in [0.25, 0.3) is 0 Å². The largest absolute Gasteiger partial charge is 0.344 e. The summed E-state index contributed by atoms with van der Waals surface area (Å²) in [5.41, 5.74) is 1.20. The van der Waals surface area contributed by atoms with Crippen molar-refractivity contribution in [3.8, 4) is 0 Å². The first-order chi connectivity index (χ1) is 12.8. The molecule has 1 amide bonds. The van der Waals surface area contributed by atoms with Crippen molar-refractivity contribution < 1.29 is 13.2 Å². The summed E-state index contributed by atoms with van der Waals surface area (Å²) in [5, 5.41) is 8.24. The van der Waals surface area contributed by atoms with Crippen molar-refractivity contribution in [1.82, 2.24) is 10.2 Å². The van der Waals surface area contributed by atoms with Gasteiger partial charge in [-0.15, -0.1) is 0 Å². The Bertz CT molecular complexity index is 934. The molecule has 0 spiro atoms. The molecular formula is C19H22ClN3O3S. The van der Waals surface area contributed by atoms with Crippen molar-refractivity contribution in [2.24, 2.45) is 5.14 Å². The van der Waals surface area contributed by atoms with Crippen LogP contribution in [-0.2, 0) is 10.0 Å². The third-order valence-electron chi connectivity index (χ3n) is 4.91. The third kappa shape index (κ3) is 4.50. The van der Waals surface area contributed by atoms with Gasteiger partial charge in [0.25, 0.3) is 5.91 Å². The molecule has 6 nitrogen and oxygen atoms in total. The van der Waals surface area contributed by atoms with Gasteiger partial charge in [0, 0.05) is 11.6 Å². The molecule has 1 aliphatic rings. The molecule has 2 atom stereocenters. The van der Waals surface area contributed by atoms with Crippen LogP contribution in [-0.4, -0.2) is 38.9 Å². The zero-order chi connectivity index (χ0) is 19.6. The predicted molar refractivity (Wildman–Crippen MR) is 105 cm³/mol. The number of benzene rings is 2. The van der Waals surface area contributed by atoms with E-state index in [1.807, 2.05) is 37.4 Å². The number of hydrogen-bond donors (Lipinski definition) is 2. The minimum absolute atomic E-state index is 0.0100. The molecule has 1 saturated heterocycles. The number of carbonyl (C=O) groups excluding carboxylic acids is 1. The fourth-order valence-electron chi connectivity index (χ4n) is 3.51. The molecule has 0 saturated carbocycles. The Morgan fingerprint density at radius 3 is 2.56 bits per heavy atom. The van der Waals surface area contributed by atoms with Gasteiger partial charge in [-0.1, -0.05) is 41.9 Å². The molecule has 0 radical (unpaired) electrons. The first kappa shape index (κ1) is 19.8. The molecule has 0 aromatic heterocycles. The van der Waals surface area contributed by atoms with Gasteiger partial charge in [-0.3, -0.25) is 4.79 Å². The van der Waals surface area contributed by atoms with Gasteiger partial charge >= 0.3 is 0 Å². The van der Waals surface area contributed by atoms with E-state index in [1.54, 1.807) is 0 Å². The fraction of sp³-hybridized carbons (Fsp3) is 0.316. The Morgan fingerprint density at radius 1 is 1.26 bits per heavy atom. The quantitative estimate of drug-likeness (QED) is 0.796. The topological polar surface area (TPSA) is 92.5 Å². The molecule has 8 heteroatoms. The van der Waals surface area contributed by atoms with Gasteiger partial charge < -0.3 is 10.2 Å². The van der Waals surface area contributed by atoms with Crippen LogP contribution >= 0.6 is 11.6 Å². The average molecular weight is 408 g/mol. The number of nitrogens with one attached hydrogen (secondary N) is 1. The van der Waals surface area contributed by atoms with Crippen LogP contribution in [0.5, 0.6) is 0 Å². The lowest BCUT2D eigenvalue weighted by Gasteiger charge is -2.30. The third-order valence-corrected chi connectivity index (χ3v) is 6.30. The van der Waals surface area contributed by atoms with Crippen LogP contribution in [0.2, 0.25) is 5.02 Å². The molecular weight excluding hydrogens is 386 g/mol. The van der Waals surface area contributed by atoms with Crippen molar-refractivity contribution in [3.63, 3.8) is 0 Å². The lowest BCUT2D eigenvalue weighted by atomic mass is 9.97. The first-order valence-corrected chi connectivity index (χ1v) is 10.6. The van der Waals surface area contributed by atoms with E-state index in [1.165, 1.54) is 18.2 Å². The van der Waals surface area contributed by atoms with Crippen molar-refractivity contribution in [3.05, 3.63) is 64.7 Å². The number of carbonyl (C=O) groups is 1. The summed E-state index contributed by atoms with van der Waals surface area (Å²) in [6.07, 6.45) is 2.04. The lowest BCUT2D eigenvalue weighted by molar-refractivity contribution is 0.0912. The number of rotatable bonds is 5. The van der Waals surface area contributed by atoms with Gasteiger partial charge in [-0.05, 0) is 50.2 Å². The molecule has 27 heavy (non-hydrogen) atoms. The number of likely N-dealkylation sites (N-methyl/N-ethyl adjacent to an activating group) is 1. The zero-order valence-electron chi connectivity index (χ0n) is 14.9. The molecule has 0 bridgehead atoms. The molecule has 2 unspecified atom stereocenters. The van der Waals surface area contributed by atoms with Gasteiger partial charge in [-0.2, -0.15) is 0 Å². The molecule has 3 rings (SSSR count). The maximum absolute atomic E-state index is 12.9. The number of nitrogens with two attached hydrogens (primary N) is 1. The van der Waals surface area contributed by atoms with Gasteiger partial charge in [0.1, 0.15) is 4.90 Å². The summed E-state index contributed by atoms with van der Waals surface area (Å²) >= 11 is 5.91. The molecule has 1 heterocycles. The Labute approximate surface area is 164 Å². The number of sulfonamides is 1. The van der Waals surface area contributed by atoms with E-state index < -0.39 is 10.0 Å². The number of hydrogen-bond acceptors (Lipinski definition) is 4. The number of primary sulfonamides is 1. The normalized spacial score (nSPS) is 19.0. The molecule has 3 N–H and O–H groups in total. The minimum Gasteiger partial charge on any atom is -0.344 e. The van der Waals surface area contributed by atoms with Gasteiger partial charge in [-0.25, -0.2) is 13.6 Å². The number of halogens is 1. The Kier molecular flexibility index (Phi) is 5.86. The molecule has 2 aromatic rings. The van der Waals surface area contributed by atoms with Crippen LogP contribution in [0, 0.1) is 0 Å². The van der Waals surface area contributed by atoms with E-state index in [-0.39, 0.29) is 33.5 Å². The van der Waals surface area contributed by atoms with Gasteiger partial charge in [0.2, 0.25) is 10.0 Å². The molecule has 1 aliphatic heterocycles. The minimum atomic E-state index is -4.01. The van der Waals surface area contributed by atoms with Gasteiger partial charge in [0.15, 0.2) is 0 Å². The monoisotopic (exact) mass is 407 g/mol. The van der Waals surface area contributed by atoms with Crippen molar-refractivity contribution in [2.45, 2.75) is 29.8 Å². The summed E-state index contributed by atoms with van der Waals surface area (Å²) in [6, 6.07) is 13.8. The van der Waals surface area contributed by atoms with E-state index in [2.05, 4.69) is 10.2 Å². The van der Waals surface area contributed by atoms with Crippen LogP contribution in [0.3, 0.4) is 0 Å². The summed E-state index contributed by atoms with van der Waals surface area (Å²) in [4.78, 5) is 14.8. The summed E-state index contributed by atoms with van der Waals surface area (Å²) in [7, 11) is -1.97. The SMILES string of the molecule is CN1CCCC1C(NC(=O)c1ccc(Cl)c(S(N)(=O)=O)c1)c1ccccc1. The van der Waals surface area contributed by atoms with Crippen LogP contribution in [0.1, 0.15) is 34.8 Å². The maximum Gasteiger partial charge on any atom is 0.251 e. The van der Waals surface area contributed by atoms with Gasteiger partial charge in [0.05, 0.1) is 11.1 Å². The van der Waals surface area contributed by atoms with Crippen LogP contribution < -0.4 is 10.5 Å². The lowest BCUT2D eigenvalue weighted by Crippen LogP contribution is -2.41. The molecule has 144 valence electrons. The van der Waals surface area contributed by atoms with E-state index in [0.717, 1.165) is 24.9 Å². The first-order valence-electron chi connectivity index (χ1n) is 8.66. The van der Waals surface area contributed by atoms with Crippen molar-refractivity contribution in [2.75, 3.05) is 13.6 Å². The average Bonchev–Trinajstić information content (AvgIpc) is 3.05. The van der Waals surface area contributed by atoms with Crippen molar-refractivity contribution >= 4 is 27.5 Å². The Hall–Kier alpha value is -1.93. The summed E-state index contributed by atoms with van der Waals surface area (Å²) in [6.45, 7) is 0.973. The number of likely N-dealkylation sites (tertiary alicyclic amines) is 1. The zero-order valence-corrected chi connectivity index (χ0v) is 16.5. The molecule has 1 fully saturated rings. The highest BCUT2D eigenvalue weighted by atomic mass is 35.5.